The number of ether oxygens (including phenoxy) is 1. The van der Waals surface area contributed by atoms with Gasteiger partial charge in [0, 0.05) is 37.9 Å². The number of dihydropyridines is 1. The number of carbonyl (C=O) groups is 2. The third-order valence-electron chi connectivity index (χ3n) is 6.32. The minimum Gasteiger partial charge on any atom is -0.363 e. The van der Waals surface area contributed by atoms with Crippen molar-refractivity contribution in [1.29, 1.82) is 0 Å². The van der Waals surface area contributed by atoms with Gasteiger partial charge in [-0.15, -0.1) is 0 Å². The standard InChI is InChI=1S/C26H34N6O3/c1-3-35-22-16-19(12-14-28-22)25(34)30-26-29-21-10-6-8-18(2)24(21)32(26)20-9-4-5-15-31(17-20)23(33)11-7-13-27/h6-8,10-12,14,16,20,22,28H,3-5,9,13,15,17,27H2,1-2H3,(H,29,30,34)/b11-7+. The molecular weight excluding hydrogens is 444 g/mol. The zero-order chi connectivity index (χ0) is 24.8. The first kappa shape index (κ1) is 24.7. The van der Waals surface area contributed by atoms with Crippen molar-refractivity contribution >= 4 is 28.8 Å². The molecule has 3 heterocycles. The lowest BCUT2D eigenvalue weighted by Gasteiger charge is -2.26. The van der Waals surface area contributed by atoms with Gasteiger partial charge in [0.2, 0.25) is 11.9 Å². The minimum atomic E-state index is -0.352. The molecule has 0 aliphatic carbocycles. The number of anilines is 1. The van der Waals surface area contributed by atoms with E-state index >= 15 is 0 Å². The number of hydrogen-bond donors (Lipinski definition) is 3. The van der Waals surface area contributed by atoms with Gasteiger partial charge in [-0.25, -0.2) is 4.98 Å². The number of para-hydroxylation sites is 1. The van der Waals surface area contributed by atoms with Crippen LogP contribution < -0.4 is 16.4 Å². The fourth-order valence-corrected chi connectivity index (χ4v) is 4.67. The number of aromatic nitrogens is 2. The van der Waals surface area contributed by atoms with Gasteiger partial charge in [0.25, 0.3) is 5.91 Å². The highest BCUT2D eigenvalue weighted by atomic mass is 16.5. The van der Waals surface area contributed by atoms with E-state index in [0.29, 0.717) is 37.8 Å². The number of nitrogens with two attached hydrogens (primary N) is 1. The van der Waals surface area contributed by atoms with Gasteiger partial charge in [-0.05, 0) is 63.1 Å². The second-order valence-electron chi connectivity index (χ2n) is 8.77. The Kier molecular flexibility index (Phi) is 7.99. The molecule has 1 fully saturated rings. The average Bonchev–Trinajstić information content (AvgIpc) is 3.05. The number of imidazole rings is 1. The fourth-order valence-electron chi connectivity index (χ4n) is 4.67. The molecule has 186 valence electrons. The number of likely N-dealkylation sites (tertiary alicyclic amines) is 1. The summed E-state index contributed by atoms with van der Waals surface area (Å²) >= 11 is 0. The molecule has 2 atom stereocenters. The number of nitrogens with zero attached hydrogens (tertiary/aromatic N) is 3. The molecule has 9 heteroatoms. The van der Waals surface area contributed by atoms with E-state index in [0.717, 1.165) is 35.9 Å². The van der Waals surface area contributed by atoms with Crippen LogP contribution in [-0.4, -0.2) is 58.7 Å². The summed E-state index contributed by atoms with van der Waals surface area (Å²) in [5, 5.41) is 6.10. The van der Waals surface area contributed by atoms with Crippen molar-refractivity contribution in [2.45, 2.75) is 45.4 Å². The number of amides is 2. The van der Waals surface area contributed by atoms with Crippen LogP contribution in [-0.2, 0) is 14.3 Å². The summed E-state index contributed by atoms with van der Waals surface area (Å²) in [5.74, 6) is 0.187. The number of nitrogens with one attached hydrogen (secondary N) is 2. The Morgan fingerprint density at radius 3 is 3.00 bits per heavy atom. The molecule has 0 bridgehead atoms. The Labute approximate surface area is 205 Å². The van der Waals surface area contributed by atoms with Gasteiger partial charge in [-0.1, -0.05) is 18.2 Å². The number of fused-ring (bicyclic) bond motifs is 1. The highest BCUT2D eigenvalue weighted by molar-refractivity contribution is 6.05. The third kappa shape index (κ3) is 5.63. The number of hydrogen-bond acceptors (Lipinski definition) is 6. The Balaban J connectivity index is 1.68. The summed E-state index contributed by atoms with van der Waals surface area (Å²) in [6.45, 7) is 6.04. The fraction of sp³-hybridized carbons (Fsp3) is 0.423. The normalized spacial score (nSPS) is 20.5. The minimum absolute atomic E-state index is 0.0251. The van der Waals surface area contributed by atoms with Crippen molar-refractivity contribution in [3.05, 3.63) is 59.8 Å². The molecule has 0 spiro atoms. The molecule has 1 saturated heterocycles. The number of carbonyl (C=O) groups excluding carboxylic acids is 2. The van der Waals surface area contributed by atoms with Crippen molar-refractivity contribution in [3.63, 3.8) is 0 Å². The molecule has 4 rings (SSSR count). The van der Waals surface area contributed by atoms with Gasteiger partial charge in [-0.3, -0.25) is 14.9 Å². The van der Waals surface area contributed by atoms with Crippen LogP contribution in [0.15, 0.2) is 54.3 Å². The van der Waals surface area contributed by atoms with Crippen LogP contribution >= 0.6 is 0 Å². The van der Waals surface area contributed by atoms with E-state index in [1.165, 1.54) is 0 Å². The Hall–Kier alpha value is -3.43. The molecule has 1 aromatic heterocycles. The monoisotopic (exact) mass is 478 g/mol. The third-order valence-corrected chi connectivity index (χ3v) is 6.32. The maximum Gasteiger partial charge on any atom is 0.257 e. The molecule has 9 nitrogen and oxygen atoms in total. The Morgan fingerprint density at radius 2 is 2.20 bits per heavy atom. The van der Waals surface area contributed by atoms with Crippen LogP contribution in [0.4, 0.5) is 5.95 Å². The molecule has 2 amide bonds. The van der Waals surface area contributed by atoms with E-state index in [1.54, 1.807) is 30.5 Å². The van der Waals surface area contributed by atoms with E-state index in [2.05, 4.69) is 15.2 Å². The summed E-state index contributed by atoms with van der Waals surface area (Å²) in [6, 6.07) is 5.93. The van der Waals surface area contributed by atoms with Crippen molar-refractivity contribution in [1.82, 2.24) is 19.8 Å². The van der Waals surface area contributed by atoms with E-state index in [9.17, 15) is 9.59 Å². The van der Waals surface area contributed by atoms with Gasteiger partial charge in [0.15, 0.2) is 0 Å². The predicted octanol–water partition coefficient (Wildman–Crippen LogP) is 2.76. The molecule has 2 aliphatic heterocycles. The van der Waals surface area contributed by atoms with Gasteiger partial charge in [0.05, 0.1) is 17.1 Å². The predicted molar refractivity (Wildman–Crippen MR) is 137 cm³/mol. The van der Waals surface area contributed by atoms with Crippen LogP contribution in [0.5, 0.6) is 0 Å². The maximum atomic E-state index is 13.2. The number of rotatable bonds is 7. The van der Waals surface area contributed by atoms with Crippen molar-refractivity contribution in [2.24, 2.45) is 5.73 Å². The Bertz CT molecular complexity index is 1170. The SMILES string of the molecule is CCOC1C=C(C(=O)Nc2nc3cccc(C)c3n2C2CCCCN(C(=O)/C=C/CN)C2)C=CN1. The summed E-state index contributed by atoms with van der Waals surface area (Å²) in [6.07, 6.45) is 10.9. The lowest BCUT2D eigenvalue weighted by molar-refractivity contribution is -0.126. The van der Waals surface area contributed by atoms with Crippen molar-refractivity contribution in [2.75, 3.05) is 31.6 Å². The lowest BCUT2D eigenvalue weighted by Crippen LogP contribution is -2.35. The molecule has 0 saturated carbocycles. The van der Waals surface area contributed by atoms with Gasteiger partial charge in [-0.2, -0.15) is 0 Å². The van der Waals surface area contributed by atoms with E-state index in [1.807, 2.05) is 36.9 Å². The first-order valence-corrected chi connectivity index (χ1v) is 12.2. The molecule has 35 heavy (non-hydrogen) atoms. The molecule has 2 aromatic rings. The molecule has 2 aliphatic rings. The van der Waals surface area contributed by atoms with Gasteiger partial charge in [0.1, 0.15) is 6.23 Å². The number of aryl methyl sites for hydroxylation is 1. The quantitative estimate of drug-likeness (QED) is 0.527. The first-order valence-electron chi connectivity index (χ1n) is 12.2. The summed E-state index contributed by atoms with van der Waals surface area (Å²) < 4.78 is 7.69. The van der Waals surface area contributed by atoms with Crippen molar-refractivity contribution in [3.8, 4) is 0 Å². The van der Waals surface area contributed by atoms with Crippen LogP contribution in [0, 0.1) is 6.92 Å². The first-order chi connectivity index (χ1) is 17.0. The Morgan fingerprint density at radius 1 is 1.34 bits per heavy atom. The summed E-state index contributed by atoms with van der Waals surface area (Å²) in [5.41, 5.74) is 8.90. The highest BCUT2D eigenvalue weighted by Gasteiger charge is 2.27. The second kappa shape index (κ2) is 11.3. The summed E-state index contributed by atoms with van der Waals surface area (Å²) in [7, 11) is 0. The van der Waals surface area contributed by atoms with E-state index < -0.39 is 0 Å². The van der Waals surface area contributed by atoms with Crippen LogP contribution in [0.1, 0.15) is 37.8 Å². The lowest BCUT2D eigenvalue weighted by atomic mass is 10.1. The van der Waals surface area contributed by atoms with Crippen LogP contribution in [0.2, 0.25) is 0 Å². The molecule has 0 radical (unpaired) electrons. The molecule has 2 unspecified atom stereocenters. The zero-order valence-corrected chi connectivity index (χ0v) is 20.4. The maximum absolute atomic E-state index is 13.2. The topological polar surface area (TPSA) is 115 Å². The molecule has 1 aromatic carbocycles. The zero-order valence-electron chi connectivity index (χ0n) is 20.4. The van der Waals surface area contributed by atoms with Gasteiger partial charge >= 0.3 is 0 Å². The smallest absolute Gasteiger partial charge is 0.257 e. The molecule has 4 N–H and O–H groups in total. The van der Waals surface area contributed by atoms with E-state index in [4.69, 9.17) is 15.5 Å². The number of benzene rings is 1. The average molecular weight is 479 g/mol. The highest BCUT2D eigenvalue weighted by Crippen LogP contribution is 2.32. The van der Waals surface area contributed by atoms with Gasteiger partial charge < -0.3 is 25.3 Å². The van der Waals surface area contributed by atoms with Crippen LogP contribution in [0.3, 0.4) is 0 Å². The second-order valence-corrected chi connectivity index (χ2v) is 8.77. The van der Waals surface area contributed by atoms with Crippen LogP contribution in [0.25, 0.3) is 11.0 Å². The largest absolute Gasteiger partial charge is 0.363 e. The molecular formula is C26H34N6O3. The summed E-state index contributed by atoms with van der Waals surface area (Å²) in [4.78, 5) is 32.6. The van der Waals surface area contributed by atoms with E-state index in [-0.39, 0.29) is 24.1 Å². The van der Waals surface area contributed by atoms with Crippen molar-refractivity contribution < 1.29 is 14.3 Å².